The van der Waals surface area contributed by atoms with Crippen LogP contribution >= 0.6 is 0 Å². The number of rotatable bonds is 5. The van der Waals surface area contributed by atoms with Crippen LogP contribution in [0.1, 0.15) is 52.4 Å². The van der Waals surface area contributed by atoms with Crippen molar-refractivity contribution < 1.29 is 4.79 Å². The molecule has 20 heavy (non-hydrogen) atoms. The van der Waals surface area contributed by atoms with E-state index in [0.29, 0.717) is 0 Å². The average molecular weight is 280 g/mol. The van der Waals surface area contributed by atoms with E-state index in [9.17, 15) is 4.79 Å². The second-order valence-corrected chi connectivity index (χ2v) is 7.37. The lowest BCUT2D eigenvalue weighted by Gasteiger charge is -2.39. The SMILES string of the molecule is CC(C)CN1CCN(CC2(C=O)CCCCCC2)CC1. The highest BCUT2D eigenvalue weighted by atomic mass is 16.1. The molecule has 0 bridgehead atoms. The van der Waals surface area contributed by atoms with Gasteiger partial charge in [-0.1, -0.05) is 39.5 Å². The van der Waals surface area contributed by atoms with E-state index in [-0.39, 0.29) is 5.41 Å². The summed E-state index contributed by atoms with van der Waals surface area (Å²) in [6, 6.07) is 0. The Bertz CT molecular complexity index is 287. The number of carbonyl (C=O) groups is 1. The summed E-state index contributed by atoms with van der Waals surface area (Å²) in [6.45, 7) is 11.4. The fraction of sp³-hybridized carbons (Fsp3) is 0.941. The van der Waals surface area contributed by atoms with E-state index in [2.05, 4.69) is 23.6 Å². The van der Waals surface area contributed by atoms with E-state index in [4.69, 9.17) is 0 Å². The van der Waals surface area contributed by atoms with Gasteiger partial charge in [0.25, 0.3) is 0 Å². The van der Waals surface area contributed by atoms with E-state index in [0.717, 1.165) is 38.4 Å². The minimum absolute atomic E-state index is 0.0310. The number of carbonyl (C=O) groups excluding carboxylic acids is 1. The van der Waals surface area contributed by atoms with Gasteiger partial charge in [0.15, 0.2) is 0 Å². The van der Waals surface area contributed by atoms with Crippen molar-refractivity contribution in [3.63, 3.8) is 0 Å². The molecule has 0 spiro atoms. The summed E-state index contributed by atoms with van der Waals surface area (Å²) in [5.41, 5.74) is -0.0310. The maximum absolute atomic E-state index is 11.7. The maximum atomic E-state index is 11.7. The summed E-state index contributed by atoms with van der Waals surface area (Å²) >= 11 is 0. The molecule has 1 saturated heterocycles. The minimum atomic E-state index is -0.0310. The van der Waals surface area contributed by atoms with Gasteiger partial charge in [0, 0.05) is 44.7 Å². The van der Waals surface area contributed by atoms with E-state index >= 15 is 0 Å². The Morgan fingerprint density at radius 1 is 0.950 bits per heavy atom. The van der Waals surface area contributed by atoms with Crippen LogP contribution in [0, 0.1) is 11.3 Å². The Morgan fingerprint density at radius 3 is 2.00 bits per heavy atom. The molecule has 0 unspecified atom stereocenters. The summed E-state index contributed by atoms with van der Waals surface area (Å²) in [4.78, 5) is 16.8. The average Bonchev–Trinajstić information content (AvgIpc) is 2.67. The molecule has 1 aliphatic heterocycles. The summed E-state index contributed by atoms with van der Waals surface area (Å²) < 4.78 is 0. The number of nitrogens with zero attached hydrogens (tertiary/aromatic N) is 2. The normalized spacial score (nSPS) is 25.6. The summed E-state index contributed by atoms with van der Waals surface area (Å²) in [6.07, 6.45) is 8.64. The zero-order valence-electron chi connectivity index (χ0n) is 13.4. The fourth-order valence-electron chi connectivity index (χ4n) is 3.84. The molecule has 3 heteroatoms. The van der Waals surface area contributed by atoms with Gasteiger partial charge in [0.2, 0.25) is 0 Å². The molecular formula is C17H32N2O. The Morgan fingerprint density at radius 2 is 1.50 bits per heavy atom. The molecule has 0 aromatic carbocycles. The monoisotopic (exact) mass is 280 g/mol. The molecule has 0 aromatic heterocycles. The molecule has 0 N–H and O–H groups in total. The van der Waals surface area contributed by atoms with Gasteiger partial charge in [-0.25, -0.2) is 0 Å². The van der Waals surface area contributed by atoms with E-state index in [1.807, 2.05) is 0 Å². The first-order valence-electron chi connectivity index (χ1n) is 8.55. The largest absolute Gasteiger partial charge is 0.303 e. The molecule has 1 aliphatic carbocycles. The van der Waals surface area contributed by atoms with Crippen LogP contribution in [0.4, 0.5) is 0 Å². The molecule has 0 amide bonds. The Labute approximate surface area is 124 Å². The zero-order valence-corrected chi connectivity index (χ0v) is 13.4. The van der Waals surface area contributed by atoms with Crippen molar-refractivity contribution in [1.82, 2.24) is 9.80 Å². The quantitative estimate of drug-likeness (QED) is 0.571. The van der Waals surface area contributed by atoms with Crippen LogP contribution in [0.2, 0.25) is 0 Å². The van der Waals surface area contributed by atoms with Crippen molar-refractivity contribution in [2.45, 2.75) is 52.4 Å². The topological polar surface area (TPSA) is 23.6 Å². The van der Waals surface area contributed by atoms with Crippen LogP contribution in [0.5, 0.6) is 0 Å². The van der Waals surface area contributed by atoms with E-state index in [1.54, 1.807) is 0 Å². The van der Waals surface area contributed by atoms with Gasteiger partial charge >= 0.3 is 0 Å². The smallest absolute Gasteiger partial charge is 0.127 e. The number of aldehydes is 1. The molecule has 2 rings (SSSR count). The van der Waals surface area contributed by atoms with Gasteiger partial charge in [0.1, 0.15) is 6.29 Å². The third kappa shape index (κ3) is 4.56. The highest BCUT2D eigenvalue weighted by Gasteiger charge is 2.33. The van der Waals surface area contributed by atoms with Gasteiger partial charge in [-0.15, -0.1) is 0 Å². The lowest BCUT2D eigenvalue weighted by atomic mass is 9.81. The first kappa shape index (κ1) is 16.0. The molecule has 3 nitrogen and oxygen atoms in total. The Hall–Kier alpha value is -0.410. The lowest BCUT2D eigenvalue weighted by molar-refractivity contribution is -0.118. The molecule has 1 saturated carbocycles. The van der Waals surface area contributed by atoms with Crippen molar-refractivity contribution in [3.05, 3.63) is 0 Å². The molecule has 0 radical (unpaired) electrons. The molecule has 1 heterocycles. The third-order valence-electron chi connectivity index (χ3n) is 4.98. The van der Waals surface area contributed by atoms with Crippen LogP contribution in [-0.2, 0) is 4.79 Å². The van der Waals surface area contributed by atoms with Crippen LogP contribution in [-0.4, -0.2) is 55.4 Å². The maximum Gasteiger partial charge on any atom is 0.127 e. The third-order valence-corrected chi connectivity index (χ3v) is 4.98. The molecule has 2 aliphatic rings. The van der Waals surface area contributed by atoms with E-state index < -0.39 is 0 Å². The first-order valence-corrected chi connectivity index (χ1v) is 8.55. The van der Waals surface area contributed by atoms with Crippen LogP contribution in [0.15, 0.2) is 0 Å². The molecule has 116 valence electrons. The second kappa shape index (κ2) is 7.56. The first-order chi connectivity index (χ1) is 9.63. The Kier molecular flexibility index (Phi) is 6.03. The fourth-order valence-corrected chi connectivity index (χ4v) is 3.84. The number of hydrogen-bond donors (Lipinski definition) is 0. The standard InChI is InChI=1S/C17H32N2O/c1-16(2)13-18-9-11-19(12-10-18)14-17(15-20)7-5-3-4-6-8-17/h15-16H,3-14H2,1-2H3. The van der Waals surface area contributed by atoms with Crippen molar-refractivity contribution in [3.8, 4) is 0 Å². The minimum Gasteiger partial charge on any atom is -0.303 e. The van der Waals surface area contributed by atoms with Crippen LogP contribution < -0.4 is 0 Å². The second-order valence-electron chi connectivity index (χ2n) is 7.37. The highest BCUT2D eigenvalue weighted by molar-refractivity contribution is 5.59. The van der Waals surface area contributed by atoms with Crippen LogP contribution in [0.25, 0.3) is 0 Å². The predicted molar refractivity (Wildman–Crippen MR) is 83.9 cm³/mol. The van der Waals surface area contributed by atoms with Gasteiger partial charge in [-0.2, -0.15) is 0 Å². The van der Waals surface area contributed by atoms with Crippen molar-refractivity contribution in [2.24, 2.45) is 11.3 Å². The predicted octanol–water partition coefficient (Wildman–Crippen LogP) is 2.80. The number of hydrogen-bond acceptors (Lipinski definition) is 3. The summed E-state index contributed by atoms with van der Waals surface area (Å²) in [5, 5.41) is 0. The summed E-state index contributed by atoms with van der Waals surface area (Å²) in [7, 11) is 0. The molecule has 0 aromatic rings. The van der Waals surface area contributed by atoms with Crippen molar-refractivity contribution in [2.75, 3.05) is 39.3 Å². The van der Waals surface area contributed by atoms with Gasteiger partial charge < -0.3 is 9.69 Å². The summed E-state index contributed by atoms with van der Waals surface area (Å²) in [5.74, 6) is 0.754. The van der Waals surface area contributed by atoms with Gasteiger partial charge in [0.05, 0.1) is 0 Å². The number of piperazine rings is 1. The Balaban J connectivity index is 1.82. The molecule has 0 atom stereocenters. The van der Waals surface area contributed by atoms with Gasteiger partial charge in [-0.3, -0.25) is 4.90 Å². The van der Waals surface area contributed by atoms with Crippen molar-refractivity contribution in [1.29, 1.82) is 0 Å². The van der Waals surface area contributed by atoms with Gasteiger partial charge in [-0.05, 0) is 18.8 Å². The lowest BCUT2D eigenvalue weighted by Crippen LogP contribution is -2.50. The molecular weight excluding hydrogens is 248 g/mol. The van der Waals surface area contributed by atoms with E-state index in [1.165, 1.54) is 51.6 Å². The van der Waals surface area contributed by atoms with Crippen molar-refractivity contribution >= 4 is 6.29 Å². The highest BCUT2D eigenvalue weighted by Crippen LogP contribution is 2.34. The molecule has 2 fully saturated rings. The zero-order chi connectivity index (χ0) is 14.4. The van der Waals surface area contributed by atoms with Crippen LogP contribution in [0.3, 0.4) is 0 Å².